The van der Waals surface area contributed by atoms with Crippen LogP contribution in [-0.4, -0.2) is 27.5 Å². The number of halogens is 1. The molecule has 1 amide bonds. The molecule has 1 unspecified atom stereocenters. The van der Waals surface area contributed by atoms with Gasteiger partial charge >= 0.3 is 0 Å². The molecule has 1 N–H and O–H groups in total. The summed E-state index contributed by atoms with van der Waals surface area (Å²) in [6.45, 7) is 4.35. The number of amides is 1. The highest BCUT2D eigenvalue weighted by atomic mass is 35.5. The first-order chi connectivity index (χ1) is 14.4. The number of aromatic nitrogens is 2. The van der Waals surface area contributed by atoms with Crippen molar-refractivity contribution in [2.24, 2.45) is 0 Å². The zero-order valence-electron chi connectivity index (χ0n) is 17.0. The van der Waals surface area contributed by atoms with Crippen molar-refractivity contribution >= 4 is 29.3 Å². The predicted molar refractivity (Wildman–Crippen MR) is 123 cm³/mol. The fourth-order valence-corrected chi connectivity index (χ4v) is 3.89. The number of thioether (sulfide) groups is 1. The number of nitrogens with one attached hydrogen (secondary N) is 1. The van der Waals surface area contributed by atoms with Gasteiger partial charge in [-0.2, -0.15) is 9.78 Å². The third kappa shape index (κ3) is 5.97. The van der Waals surface area contributed by atoms with Gasteiger partial charge in [0.2, 0.25) is 5.91 Å². The van der Waals surface area contributed by atoms with Gasteiger partial charge in [0.25, 0.3) is 5.56 Å². The van der Waals surface area contributed by atoms with Gasteiger partial charge in [0.1, 0.15) is 5.03 Å². The van der Waals surface area contributed by atoms with Crippen LogP contribution in [0.25, 0.3) is 5.69 Å². The Hall–Kier alpha value is -2.57. The van der Waals surface area contributed by atoms with Crippen LogP contribution in [0.2, 0.25) is 5.02 Å². The van der Waals surface area contributed by atoms with Gasteiger partial charge in [-0.3, -0.25) is 9.59 Å². The van der Waals surface area contributed by atoms with Crippen molar-refractivity contribution in [1.82, 2.24) is 15.1 Å². The van der Waals surface area contributed by atoms with E-state index in [1.807, 2.05) is 38.1 Å². The maximum Gasteiger partial charge on any atom is 0.271 e. The van der Waals surface area contributed by atoms with Crippen molar-refractivity contribution in [1.29, 1.82) is 0 Å². The molecule has 1 aromatic heterocycles. The Morgan fingerprint density at radius 1 is 1.17 bits per heavy atom. The number of aryl methyl sites for hydroxylation is 2. The number of carbonyl (C=O) groups is 1. The molecule has 7 heteroatoms. The molecule has 3 rings (SSSR count). The minimum Gasteiger partial charge on any atom is -0.355 e. The van der Waals surface area contributed by atoms with E-state index in [1.165, 1.54) is 28.1 Å². The van der Waals surface area contributed by atoms with Gasteiger partial charge in [-0.25, -0.2) is 0 Å². The van der Waals surface area contributed by atoms with Crippen LogP contribution in [0.4, 0.5) is 0 Å². The van der Waals surface area contributed by atoms with E-state index >= 15 is 0 Å². The Morgan fingerprint density at radius 3 is 2.67 bits per heavy atom. The molecule has 156 valence electrons. The van der Waals surface area contributed by atoms with Gasteiger partial charge < -0.3 is 5.32 Å². The highest BCUT2D eigenvalue weighted by Crippen LogP contribution is 2.22. The van der Waals surface area contributed by atoms with E-state index in [2.05, 4.69) is 22.5 Å². The van der Waals surface area contributed by atoms with E-state index in [-0.39, 0.29) is 16.7 Å². The van der Waals surface area contributed by atoms with Gasteiger partial charge in [0.15, 0.2) is 0 Å². The fraction of sp³-hybridized carbons (Fsp3) is 0.261. The van der Waals surface area contributed by atoms with Crippen LogP contribution in [0.1, 0.15) is 24.5 Å². The molecule has 3 aromatic rings. The van der Waals surface area contributed by atoms with Gasteiger partial charge in [-0.05, 0) is 56.0 Å². The molecule has 2 aromatic carbocycles. The molecule has 1 heterocycles. The fourth-order valence-electron chi connectivity index (χ4n) is 2.88. The van der Waals surface area contributed by atoms with E-state index in [0.717, 1.165) is 18.4 Å². The predicted octanol–water partition coefficient (Wildman–Crippen LogP) is 4.42. The summed E-state index contributed by atoms with van der Waals surface area (Å²) in [7, 11) is 0. The van der Waals surface area contributed by atoms with Gasteiger partial charge in [-0.1, -0.05) is 59.8 Å². The number of carbonyl (C=O) groups excluding carboxylic acids is 1. The lowest BCUT2D eigenvalue weighted by Crippen LogP contribution is -2.32. The zero-order valence-corrected chi connectivity index (χ0v) is 18.5. The summed E-state index contributed by atoms with van der Waals surface area (Å²) in [6.07, 6.45) is 1.80. The first-order valence-corrected chi connectivity index (χ1v) is 11.0. The summed E-state index contributed by atoms with van der Waals surface area (Å²) < 4.78 is 1.30. The lowest BCUT2D eigenvalue weighted by molar-refractivity contribution is -0.120. The van der Waals surface area contributed by atoms with Gasteiger partial charge in [0.05, 0.1) is 10.9 Å². The van der Waals surface area contributed by atoms with Gasteiger partial charge in [0, 0.05) is 17.6 Å². The SMILES string of the molecule is Cc1ccc(-n2nc(SC(C)C(=O)NCCCc3ccccc3)ccc2=O)cc1Cl. The first kappa shape index (κ1) is 22.1. The molecule has 0 radical (unpaired) electrons. The van der Waals surface area contributed by atoms with Crippen molar-refractivity contribution in [3.63, 3.8) is 0 Å². The molecule has 0 bridgehead atoms. The summed E-state index contributed by atoms with van der Waals surface area (Å²) in [5.41, 5.74) is 2.53. The summed E-state index contributed by atoms with van der Waals surface area (Å²) in [5.74, 6) is -0.0500. The average molecular weight is 442 g/mol. The van der Waals surface area contributed by atoms with Crippen molar-refractivity contribution < 1.29 is 4.79 Å². The van der Waals surface area contributed by atoms with E-state index in [1.54, 1.807) is 18.2 Å². The first-order valence-electron chi connectivity index (χ1n) is 9.79. The molecule has 0 aliphatic rings. The molecule has 0 spiro atoms. The Balaban J connectivity index is 1.58. The van der Waals surface area contributed by atoms with Crippen LogP contribution < -0.4 is 10.9 Å². The summed E-state index contributed by atoms with van der Waals surface area (Å²) in [6, 6.07) is 18.6. The largest absolute Gasteiger partial charge is 0.355 e. The van der Waals surface area contributed by atoms with E-state index < -0.39 is 0 Å². The number of rotatable bonds is 8. The number of nitrogens with zero attached hydrogens (tertiary/aromatic N) is 2. The molecular weight excluding hydrogens is 418 g/mol. The summed E-state index contributed by atoms with van der Waals surface area (Å²) in [5, 5.41) is 8.21. The van der Waals surface area contributed by atoms with Crippen LogP contribution in [-0.2, 0) is 11.2 Å². The Kier molecular flexibility index (Phi) is 7.71. The van der Waals surface area contributed by atoms with Crippen LogP contribution in [0.5, 0.6) is 0 Å². The molecular formula is C23H24ClN3O2S. The molecule has 1 atom stereocenters. The second-order valence-corrected chi connectivity index (χ2v) is 8.76. The van der Waals surface area contributed by atoms with Crippen molar-refractivity contribution in [2.75, 3.05) is 6.54 Å². The average Bonchev–Trinajstić information content (AvgIpc) is 2.75. The smallest absolute Gasteiger partial charge is 0.271 e. The highest BCUT2D eigenvalue weighted by molar-refractivity contribution is 8.00. The minimum atomic E-state index is -0.332. The standard InChI is InChI=1S/C23H24ClN3O2S/c1-16-10-11-19(15-20(16)24)27-22(28)13-12-21(26-27)30-17(2)23(29)25-14-6-9-18-7-4-3-5-8-18/h3-5,7-8,10-13,15,17H,6,9,14H2,1-2H3,(H,25,29). The number of hydrogen-bond donors (Lipinski definition) is 1. The third-order valence-corrected chi connectivity index (χ3v) is 6.06. The molecule has 0 saturated heterocycles. The molecule has 0 fully saturated rings. The quantitative estimate of drug-likeness (QED) is 0.415. The zero-order chi connectivity index (χ0) is 21.5. The molecule has 0 aliphatic carbocycles. The lowest BCUT2D eigenvalue weighted by atomic mass is 10.1. The van der Waals surface area contributed by atoms with E-state index in [4.69, 9.17) is 11.6 Å². The van der Waals surface area contributed by atoms with Crippen LogP contribution >= 0.6 is 23.4 Å². The monoisotopic (exact) mass is 441 g/mol. The van der Waals surface area contributed by atoms with Crippen LogP contribution in [0.15, 0.2) is 70.5 Å². The Labute approximate surface area is 185 Å². The maximum atomic E-state index is 12.4. The van der Waals surface area contributed by atoms with Crippen LogP contribution in [0.3, 0.4) is 0 Å². The highest BCUT2D eigenvalue weighted by Gasteiger charge is 2.16. The third-order valence-electron chi connectivity index (χ3n) is 4.63. The summed E-state index contributed by atoms with van der Waals surface area (Å²) >= 11 is 7.50. The second-order valence-electron chi connectivity index (χ2n) is 7.00. The molecule has 30 heavy (non-hydrogen) atoms. The van der Waals surface area contributed by atoms with Crippen molar-refractivity contribution in [3.8, 4) is 5.69 Å². The second kappa shape index (κ2) is 10.5. The molecule has 0 saturated carbocycles. The Morgan fingerprint density at radius 2 is 1.93 bits per heavy atom. The van der Waals surface area contributed by atoms with Gasteiger partial charge in [-0.15, -0.1) is 0 Å². The van der Waals surface area contributed by atoms with E-state index in [9.17, 15) is 9.59 Å². The topological polar surface area (TPSA) is 64.0 Å². The van der Waals surface area contributed by atoms with E-state index in [0.29, 0.717) is 22.3 Å². The Bertz CT molecular complexity index is 1070. The maximum absolute atomic E-state index is 12.4. The number of hydrogen-bond acceptors (Lipinski definition) is 4. The van der Waals surface area contributed by atoms with Crippen molar-refractivity contribution in [2.45, 2.75) is 37.0 Å². The van der Waals surface area contributed by atoms with Crippen LogP contribution in [0, 0.1) is 6.92 Å². The minimum absolute atomic E-state index is 0.0500. The van der Waals surface area contributed by atoms with Crippen molar-refractivity contribution in [3.05, 3.63) is 87.2 Å². The molecule has 5 nitrogen and oxygen atoms in total. The molecule has 0 aliphatic heterocycles. The lowest BCUT2D eigenvalue weighted by Gasteiger charge is -2.13. The number of benzene rings is 2. The summed E-state index contributed by atoms with van der Waals surface area (Å²) in [4.78, 5) is 24.7. The normalized spacial score (nSPS) is 11.8.